The van der Waals surface area contributed by atoms with E-state index in [9.17, 15) is 4.79 Å². The summed E-state index contributed by atoms with van der Waals surface area (Å²) in [5.74, 6) is 0.116. The fourth-order valence-electron chi connectivity index (χ4n) is 4.21. The fraction of sp³-hybridized carbons (Fsp3) is 0.435. The Balaban J connectivity index is 1.33. The molecule has 1 heterocycles. The van der Waals surface area contributed by atoms with Crippen molar-refractivity contribution in [3.63, 3.8) is 0 Å². The molecule has 2 aromatic carbocycles. The zero-order valence-electron chi connectivity index (χ0n) is 16.1. The molecule has 1 atom stereocenters. The third kappa shape index (κ3) is 4.24. The average Bonchev–Trinajstić information content (AvgIpc) is 2.68. The van der Waals surface area contributed by atoms with E-state index in [0.29, 0.717) is 18.2 Å². The van der Waals surface area contributed by atoms with E-state index in [1.54, 1.807) is 0 Å². The molecule has 1 N–H and O–H groups in total. The van der Waals surface area contributed by atoms with Crippen LogP contribution in [0.25, 0.3) is 0 Å². The minimum absolute atomic E-state index is 0.0313. The first kappa shape index (κ1) is 19.4. The number of amides is 1. The molecule has 4 rings (SSSR count). The maximum Gasteiger partial charge on any atom is 0.230 e. The van der Waals surface area contributed by atoms with Gasteiger partial charge in [0.1, 0.15) is 0 Å². The summed E-state index contributed by atoms with van der Waals surface area (Å²) in [4.78, 5) is 15.4. The number of hydrogen-bond acceptors (Lipinski definition) is 3. The Bertz CT molecular complexity index is 790. The van der Waals surface area contributed by atoms with Crippen molar-refractivity contribution in [2.75, 3.05) is 26.2 Å². The van der Waals surface area contributed by atoms with Gasteiger partial charge in [-0.25, -0.2) is 0 Å². The molecule has 5 heteroatoms. The highest BCUT2D eigenvalue weighted by Crippen LogP contribution is 2.44. The molecule has 1 saturated carbocycles. The number of nitrogens with one attached hydrogen (secondary N) is 1. The van der Waals surface area contributed by atoms with Crippen LogP contribution in [0.5, 0.6) is 0 Å². The molecular formula is C23H27ClN2O2. The zero-order chi connectivity index (χ0) is 19.4. The van der Waals surface area contributed by atoms with Crippen molar-refractivity contribution >= 4 is 17.5 Å². The molecule has 0 radical (unpaired) electrons. The number of carbonyl (C=O) groups is 1. The van der Waals surface area contributed by atoms with Crippen LogP contribution >= 0.6 is 11.6 Å². The Kier molecular flexibility index (Phi) is 6.00. The van der Waals surface area contributed by atoms with E-state index < -0.39 is 5.41 Å². The van der Waals surface area contributed by atoms with Crippen LogP contribution in [-0.2, 0) is 21.5 Å². The van der Waals surface area contributed by atoms with Crippen molar-refractivity contribution in [3.05, 3.63) is 70.7 Å². The third-order valence-electron chi connectivity index (χ3n) is 6.00. The summed E-state index contributed by atoms with van der Waals surface area (Å²) in [5.41, 5.74) is 1.97. The van der Waals surface area contributed by atoms with Crippen molar-refractivity contribution in [1.82, 2.24) is 10.2 Å². The third-order valence-corrected chi connectivity index (χ3v) is 6.25. The van der Waals surface area contributed by atoms with Crippen LogP contribution in [0.1, 0.15) is 30.4 Å². The molecule has 148 valence electrons. The molecule has 28 heavy (non-hydrogen) atoms. The summed E-state index contributed by atoms with van der Waals surface area (Å²) in [6.45, 7) is 3.94. The van der Waals surface area contributed by atoms with Gasteiger partial charge in [-0.1, -0.05) is 60.5 Å². The van der Waals surface area contributed by atoms with Crippen molar-refractivity contribution in [3.8, 4) is 0 Å². The van der Waals surface area contributed by atoms with Gasteiger partial charge in [0.15, 0.2) is 0 Å². The van der Waals surface area contributed by atoms with Crippen LogP contribution in [0.15, 0.2) is 54.6 Å². The Hall–Kier alpha value is -1.88. The van der Waals surface area contributed by atoms with Gasteiger partial charge in [0.05, 0.1) is 18.1 Å². The number of benzene rings is 2. The van der Waals surface area contributed by atoms with Crippen LogP contribution in [0.3, 0.4) is 0 Å². The summed E-state index contributed by atoms with van der Waals surface area (Å²) < 4.78 is 5.91. The van der Waals surface area contributed by atoms with Crippen LogP contribution in [0.4, 0.5) is 0 Å². The molecule has 2 aromatic rings. The molecule has 0 spiro atoms. The highest BCUT2D eigenvalue weighted by atomic mass is 35.5. The summed E-state index contributed by atoms with van der Waals surface area (Å²) in [6.07, 6.45) is 2.91. The second-order valence-corrected chi connectivity index (χ2v) is 8.30. The first-order chi connectivity index (χ1) is 13.7. The Morgan fingerprint density at radius 2 is 1.89 bits per heavy atom. The van der Waals surface area contributed by atoms with Crippen LogP contribution < -0.4 is 5.32 Å². The van der Waals surface area contributed by atoms with Gasteiger partial charge in [0.2, 0.25) is 5.91 Å². The standard InChI is InChI=1S/C23H27ClN2O2/c24-20-9-7-19(8-10-20)23(11-4-12-23)22(27)25-15-21-17-26(13-14-28-21)16-18-5-2-1-3-6-18/h1-3,5-10,21H,4,11-17H2,(H,25,27). The molecule has 2 fully saturated rings. The lowest BCUT2D eigenvalue weighted by Gasteiger charge is -2.41. The molecular weight excluding hydrogens is 372 g/mol. The van der Waals surface area contributed by atoms with Gasteiger partial charge in [-0.2, -0.15) is 0 Å². The number of hydrogen-bond donors (Lipinski definition) is 1. The van der Waals surface area contributed by atoms with Crippen LogP contribution in [0.2, 0.25) is 5.02 Å². The molecule has 0 aromatic heterocycles. The Morgan fingerprint density at radius 3 is 2.57 bits per heavy atom. The number of rotatable bonds is 6. The molecule has 1 unspecified atom stereocenters. The molecule has 1 saturated heterocycles. The van der Waals surface area contributed by atoms with Gasteiger partial charge in [-0.15, -0.1) is 0 Å². The average molecular weight is 399 g/mol. The van der Waals surface area contributed by atoms with Gasteiger partial charge in [-0.3, -0.25) is 9.69 Å². The molecule has 1 aliphatic carbocycles. The molecule has 4 nitrogen and oxygen atoms in total. The van der Waals surface area contributed by atoms with E-state index in [1.807, 2.05) is 30.3 Å². The van der Waals surface area contributed by atoms with Gasteiger partial charge < -0.3 is 10.1 Å². The van der Waals surface area contributed by atoms with E-state index in [2.05, 4.69) is 34.5 Å². The largest absolute Gasteiger partial charge is 0.374 e. The normalized spacial score (nSPS) is 21.7. The van der Waals surface area contributed by atoms with Gasteiger partial charge in [-0.05, 0) is 36.1 Å². The van der Waals surface area contributed by atoms with Crippen LogP contribution in [0, 0.1) is 0 Å². The maximum absolute atomic E-state index is 13.0. The van der Waals surface area contributed by atoms with Crippen molar-refractivity contribution in [1.29, 1.82) is 0 Å². The fourth-order valence-corrected chi connectivity index (χ4v) is 4.34. The lowest BCUT2D eigenvalue weighted by atomic mass is 9.64. The topological polar surface area (TPSA) is 41.6 Å². The lowest BCUT2D eigenvalue weighted by molar-refractivity contribution is -0.131. The predicted molar refractivity (Wildman–Crippen MR) is 111 cm³/mol. The molecule has 1 amide bonds. The van der Waals surface area contributed by atoms with E-state index in [0.717, 1.165) is 44.5 Å². The monoisotopic (exact) mass is 398 g/mol. The number of morpholine rings is 1. The summed E-state index contributed by atoms with van der Waals surface area (Å²) in [7, 11) is 0. The highest BCUT2D eigenvalue weighted by Gasteiger charge is 2.45. The van der Waals surface area contributed by atoms with Gasteiger partial charge in [0, 0.05) is 31.2 Å². The van der Waals surface area contributed by atoms with E-state index in [-0.39, 0.29) is 12.0 Å². The van der Waals surface area contributed by atoms with E-state index >= 15 is 0 Å². The summed E-state index contributed by atoms with van der Waals surface area (Å²) >= 11 is 6.02. The molecule has 2 aliphatic rings. The SMILES string of the molecule is O=C(NCC1CN(Cc2ccccc2)CCO1)C1(c2ccc(Cl)cc2)CCC1. The van der Waals surface area contributed by atoms with E-state index in [1.165, 1.54) is 5.56 Å². The minimum atomic E-state index is -0.400. The van der Waals surface area contributed by atoms with Crippen LogP contribution in [-0.4, -0.2) is 43.2 Å². The maximum atomic E-state index is 13.0. The smallest absolute Gasteiger partial charge is 0.230 e. The number of nitrogens with zero attached hydrogens (tertiary/aromatic N) is 1. The number of ether oxygens (including phenoxy) is 1. The first-order valence-corrected chi connectivity index (χ1v) is 10.5. The number of halogens is 1. The zero-order valence-corrected chi connectivity index (χ0v) is 16.8. The van der Waals surface area contributed by atoms with Crippen molar-refractivity contribution in [2.45, 2.75) is 37.3 Å². The Labute approximate surface area is 171 Å². The second-order valence-electron chi connectivity index (χ2n) is 7.87. The predicted octanol–water partition coefficient (Wildman–Crippen LogP) is 3.78. The first-order valence-electron chi connectivity index (χ1n) is 10.1. The molecule has 1 aliphatic heterocycles. The van der Waals surface area contributed by atoms with E-state index in [4.69, 9.17) is 16.3 Å². The summed E-state index contributed by atoms with van der Waals surface area (Å²) in [6, 6.07) is 18.2. The summed E-state index contributed by atoms with van der Waals surface area (Å²) in [5, 5.41) is 3.87. The van der Waals surface area contributed by atoms with Gasteiger partial charge in [0.25, 0.3) is 0 Å². The quantitative estimate of drug-likeness (QED) is 0.805. The Morgan fingerprint density at radius 1 is 1.14 bits per heavy atom. The molecule has 0 bridgehead atoms. The van der Waals surface area contributed by atoms with Gasteiger partial charge >= 0.3 is 0 Å². The lowest BCUT2D eigenvalue weighted by Crippen LogP contribution is -2.53. The number of carbonyl (C=O) groups excluding carboxylic acids is 1. The minimum Gasteiger partial charge on any atom is -0.374 e. The second kappa shape index (κ2) is 8.64. The van der Waals surface area contributed by atoms with Crippen molar-refractivity contribution < 1.29 is 9.53 Å². The highest BCUT2D eigenvalue weighted by molar-refractivity contribution is 6.30. The van der Waals surface area contributed by atoms with Crippen molar-refractivity contribution in [2.24, 2.45) is 0 Å².